The maximum absolute atomic E-state index is 12.5. The van der Waals surface area contributed by atoms with Gasteiger partial charge < -0.3 is 14.5 Å². The number of benzene rings is 3. The van der Waals surface area contributed by atoms with Gasteiger partial charge in [0, 0.05) is 32.0 Å². The first kappa shape index (κ1) is 25.6. The van der Waals surface area contributed by atoms with Crippen LogP contribution in [-0.2, 0) is 26.1 Å². The summed E-state index contributed by atoms with van der Waals surface area (Å²) >= 11 is 0. The minimum Gasteiger partial charge on any atom is -0.486 e. The van der Waals surface area contributed by atoms with Crippen LogP contribution in [0.3, 0.4) is 0 Å². The molecule has 1 aliphatic rings. The molecule has 0 aliphatic carbocycles. The van der Waals surface area contributed by atoms with E-state index in [9.17, 15) is 4.79 Å². The van der Waals surface area contributed by atoms with Gasteiger partial charge in [-0.3, -0.25) is 14.7 Å². The standard InChI is InChI=1S/C34H31N3O3/c38-34(36-22-25-15-18-35-19-16-25)32-14-13-30(40-32)24-39-29-12-11-27-17-20-37(23-26-7-3-1-4-8-26)33(31(27)21-29)28-9-5-2-6-10-28/h1-16,18-19,21,33H,17,20,22-24H2,(H,36,38)/t33-/m1/s1. The number of fused-ring (bicyclic) bond motifs is 1. The van der Waals surface area contributed by atoms with Crippen molar-refractivity contribution in [3.05, 3.63) is 155 Å². The lowest BCUT2D eigenvalue weighted by Gasteiger charge is -2.38. The smallest absolute Gasteiger partial charge is 0.287 e. The molecular formula is C34H31N3O3. The molecule has 0 saturated heterocycles. The van der Waals surface area contributed by atoms with Crippen LogP contribution in [0.15, 0.2) is 120 Å². The van der Waals surface area contributed by atoms with Crippen LogP contribution in [0.4, 0.5) is 0 Å². The SMILES string of the molecule is O=C(NCc1ccncc1)c1ccc(COc2ccc3c(c2)[C@@H](c2ccccc2)N(Cc2ccccc2)CC3)o1. The Morgan fingerprint density at radius 3 is 2.48 bits per heavy atom. The van der Waals surface area contributed by atoms with Gasteiger partial charge in [0.25, 0.3) is 5.91 Å². The predicted octanol–water partition coefficient (Wildman–Crippen LogP) is 6.33. The lowest BCUT2D eigenvalue weighted by atomic mass is 9.87. The Morgan fingerprint density at radius 1 is 0.900 bits per heavy atom. The normalized spacial score (nSPS) is 14.8. The fourth-order valence-electron chi connectivity index (χ4n) is 5.25. The molecule has 2 aromatic heterocycles. The van der Waals surface area contributed by atoms with Crippen LogP contribution in [-0.4, -0.2) is 22.3 Å². The molecule has 200 valence electrons. The average Bonchev–Trinajstić information content (AvgIpc) is 3.49. The summed E-state index contributed by atoms with van der Waals surface area (Å²) in [5, 5.41) is 2.87. The van der Waals surface area contributed by atoms with E-state index in [-0.39, 0.29) is 24.3 Å². The van der Waals surface area contributed by atoms with Crippen molar-refractivity contribution >= 4 is 5.91 Å². The topological polar surface area (TPSA) is 67.6 Å². The molecule has 0 saturated carbocycles. The maximum atomic E-state index is 12.5. The molecule has 0 bridgehead atoms. The van der Waals surface area contributed by atoms with Gasteiger partial charge in [-0.05, 0) is 70.6 Å². The predicted molar refractivity (Wildman–Crippen MR) is 154 cm³/mol. The van der Waals surface area contributed by atoms with Crippen molar-refractivity contribution < 1.29 is 13.9 Å². The molecule has 1 atom stereocenters. The van der Waals surface area contributed by atoms with Crippen LogP contribution in [0.2, 0.25) is 0 Å². The Labute approximate surface area is 234 Å². The summed E-state index contributed by atoms with van der Waals surface area (Å²) in [6.07, 6.45) is 4.39. The molecule has 0 spiro atoms. The number of pyridine rings is 1. The molecule has 0 fully saturated rings. The van der Waals surface area contributed by atoms with Gasteiger partial charge in [0.1, 0.15) is 18.1 Å². The van der Waals surface area contributed by atoms with Crippen LogP contribution < -0.4 is 10.1 Å². The number of nitrogens with one attached hydrogen (secondary N) is 1. The number of ether oxygens (including phenoxy) is 1. The molecule has 0 radical (unpaired) electrons. The number of hydrogen-bond acceptors (Lipinski definition) is 5. The van der Waals surface area contributed by atoms with E-state index in [4.69, 9.17) is 9.15 Å². The highest BCUT2D eigenvalue weighted by Gasteiger charge is 2.29. The van der Waals surface area contributed by atoms with Gasteiger partial charge in [-0.15, -0.1) is 0 Å². The molecule has 40 heavy (non-hydrogen) atoms. The van der Waals surface area contributed by atoms with Crippen molar-refractivity contribution in [3.63, 3.8) is 0 Å². The number of aromatic nitrogens is 1. The Kier molecular flexibility index (Phi) is 7.69. The van der Waals surface area contributed by atoms with Crippen molar-refractivity contribution in [1.82, 2.24) is 15.2 Å². The second kappa shape index (κ2) is 12.0. The zero-order valence-electron chi connectivity index (χ0n) is 22.2. The molecule has 1 N–H and O–H groups in total. The highest BCUT2D eigenvalue weighted by Crippen LogP contribution is 2.38. The molecule has 3 heterocycles. The van der Waals surface area contributed by atoms with Crippen LogP contribution in [0.1, 0.15) is 50.2 Å². The summed E-state index contributed by atoms with van der Waals surface area (Å²) in [5.41, 5.74) is 6.16. The largest absolute Gasteiger partial charge is 0.486 e. The van der Waals surface area contributed by atoms with Crippen molar-refractivity contribution in [2.75, 3.05) is 6.54 Å². The number of hydrogen-bond donors (Lipinski definition) is 1. The lowest BCUT2D eigenvalue weighted by molar-refractivity contribution is 0.0919. The number of nitrogens with zero attached hydrogens (tertiary/aromatic N) is 2. The molecule has 6 rings (SSSR count). The average molecular weight is 530 g/mol. The van der Waals surface area contributed by atoms with Gasteiger partial charge in [-0.1, -0.05) is 66.7 Å². The van der Waals surface area contributed by atoms with E-state index < -0.39 is 0 Å². The molecule has 6 heteroatoms. The fraction of sp³-hybridized carbons (Fsp3) is 0.176. The minimum absolute atomic E-state index is 0.132. The van der Waals surface area contributed by atoms with Gasteiger partial charge >= 0.3 is 0 Å². The van der Waals surface area contributed by atoms with Crippen molar-refractivity contribution in [2.45, 2.75) is 32.2 Å². The van der Waals surface area contributed by atoms with E-state index in [1.807, 2.05) is 18.2 Å². The zero-order valence-corrected chi connectivity index (χ0v) is 22.2. The Hall–Kier alpha value is -4.68. The van der Waals surface area contributed by atoms with Crippen molar-refractivity contribution in [1.29, 1.82) is 0 Å². The first-order chi connectivity index (χ1) is 19.7. The number of carbonyl (C=O) groups excluding carboxylic acids is 1. The van der Waals surface area contributed by atoms with E-state index in [2.05, 4.69) is 88.0 Å². The summed E-state index contributed by atoms with van der Waals surface area (Å²) in [4.78, 5) is 19.1. The highest BCUT2D eigenvalue weighted by atomic mass is 16.5. The molecule has 3 aromatic carbocycles. The monoisotopic (exact) mass is 529 g/mol. The van der Waals surface area contributed by atoms with E-state index >= 15 is 0 Å². The molecular weight excluding hydrogens is 498 g/mol. The molecule has 0 unspecified atom stereocenters. The molecule has 1 amide bonds. The molecule has 6 nitrogen and oxygen atoms in total. The highest BCUT2D eigenvalue weighted by molar-refractivity contribution is 5.91. The van der Waals surface area contributed by atoms with Crippen LogP contribution in [0, 0.1) is 0 Å². The third-order valence-electron chi connectivity index (χ3n) is 7.26. The van der Waals surface area contributed by atoms with E-state index in [1.165, 1.54) is 22.3 Å². The number of carbonyl (C=O) groups is 1. The van der Waals surface area contributed by atoms with E-state index in [1.54, 1.807) is 24.5 Å². The van der Waals surface area contributed by atoms with Gasteiger partial charge in [-0.25, -0.2) is 0 Å². The summed E-state index contributed by atoms with van der Waals surface area (Å²) in [5.74, 6) is 1.37. The van der Waals surface area contributed by atoms with Gasteiger partial charge in [0.15, 0.2) is 5.76 Å². The molecule has 1 aliphatic heterocycles. The summed E-state index contributed by atoms with van der Waals surface area (Å²) in [6, 6.07) is 35.0. The maximum Gasteiger partial charge on any atom is 0.287 e. The van der Waals surface area contributed by atoms with Crippen LogP contribution in [0.25, 0.3) is 0 Å². The third-order valence-corrected chi connectivity index (χ3v) is 7.26. The van der Waals surface area contributed by atoms with Gasteiger partial charge in [0.2, 0.25) is 0 Å². The third kappa shape index (κ3) is 5.98. The Bertz CT molecular complexity index is 1550. The first-order valence-electron chi connectivity index (χ1n) is 13.6. The number of amides is 1. The molecule has 5 aromatic rings. The quantitative estimate of drug-likeness (QED) is 0.242. The first-order valence-corrected chi connectivity index (χ1v) is 13.6. The Morgan fingerprint density at radius 2 is 1.68 bits per heavy atom. The summed E-state index contributed by atoms with van der Waals surface area (Å²) < 4.78 is 12.0. The zero-order chi connectivity index (χ0) is 27.1. The second-order valence-electron chi connectivity index (χ2n) is 9.97. The van der Waals surface area contributed by atoms with Crippen LogP contribution >= 0.6 is 0 Å². The van der Waals surface area contributed by atoms with E-state index in [0.717, 1.165) is 30.8 Å². The van der Waals surface area contributed by atoms with Crippen molar-refractivity contribution in [3.8, 4) is 5.75 Å². The number of rotatable bonds is 9. The van der Waals surface area contributed by atoms with Crippen molar-refractivity contribution in [2.24, 2.45) is 0 Å². The second-order valence-corrected chi connectivity index (χ2v) is 9.97. The Balaban J connectivity index is 1.16. The van der Waals surface area contributed by atoms with Crippen LogP contribution in [0.5, 0.6) is 5.75 Å². The van der Waals surface area contributed by atoms with E-state index in [0.29, 0.717) is 12.3 Å². The summed E-state index contributed by atoms with van der Waals surface area (Å²) in [7, 11) is 0. The lowest BCUT2D eigenvalue weighted by Crippen LogP contribution is -2.35. The van der Waals surface area contributed by atoms with Gasteiger partial charge in [0.05, 0.1) is 6.04 Å². The number of furan rings is 1. The fourth-order valence-corrected chi connectivity index (χ4v) is 5.25. The minimum atomic E-state index is -0.263. The van der Waals surface area contributed by atoms with Gasteiger partial charge in [-0.2, -0.15) is 0 Å². The summed E-state index contributed by atoms with van der Waals surface area (Å²) in [6.45, 7) is 2.51.